The molecule has 2 heterocycles. The van der Waals surface area contributed by atoms with Crippen LogP contribution in [0.15, 0.2) is 47.0 Å². The van der Waals surface area contributed by atoms with Crippen LogP contribution in [0.4, 0.5) is 5.69 Å². The third-order valence-electron chi connectivity index (χ3n) is 4.80. The average Bonchev–Trinajstić information content (AvgIpc) is 3.11. The standard InChI is InChI=1S/C20H18N2O4/c1-11-18(12(2)26-22-11)14-9-15-16(10-17(14)25-3)21-19(23)20(15,24)13-7-5-4-6-8-13/h4-10,24H,1-3H3,(H,21,23). The minimum absolute atomic E-state index is 0.476. The van der Waals surface area contributed by atoms with E-state index in [1.807, 2.05) is 19.9 Å². The SMILES string of the molecule is COc1cc2c(cc1-c1c(C)noc1C)C(O)(c1ccccc1)C(=O)N2. The van der Waals surface area contributed by atoms with Crippen LogP contribution >= 0.6 is 0 Å². The molecule has 3 aromatic rings. The van der Waals surface area contributed by atoms with Gasteiger partial charge in [-0.3, -0.25) is 4.79 Å². The summed E-state index contributed by atoms with van der Waals surface area (Å²) in [6.45, 7) is 3.65. The van der Waals surface area contributed by atoms with Gasteiger partial charge in [0.25, 0.3) is 5.91 Å². The molecule has 26 heavy (non-hydrogen) atoms. The van der Waals surface area contributed by atoms with Gasteiger partial charge in [0.2, 0.25) is 0 Å². The van der Waals surface area contributed by atoms with E-state index in [0.29, 0.717) is 39.6 Å². The Morgan fingerprint density at radius 3 is 2.54 bits per heavy atom. The molecule has 0 aliphatic carbocycles. The molecule has 1 aliphatic rings. The molecule has 2 N–H and O–H groups in total. The highest BCUT2D eigenvalue weighted by molar-refractivity contribution is 6.08. The number of nitrogens with one attached hydrogen (secondary N) is 1. The summed E-state index contributed by atoms with van der Waals surface area (Å²) in [7, 11) is 1.56. The molecular formula is C20H18N2O4. The summed E-state index contributed by atoms with van der Waals surface area (Å²) in [4.78, 5) is 12.7. The summed E-state index contributed by atoms with van der Waals surface area (Å²) < 4.78 is 10.8. The van der Waals surface area contributed by atoms with Crippen molar-refractivity contribution in [1.29, 1.82) is 0 Å². The molecule has 132 valence electrons. The van der Waals surface area contributed by atoms with Gasteiger partial charge in [-0.05, 0) is 25.5 Å². The van der Waals surface area contributed by atoms with Gasteiger partial charge in [-0.25, -0.2) is 0 Å². The molecule has 0 radical (unpaired) electrons. The molecule has 1 aromatic heterocycles. The number of nitrogens with zero attached hydrogens (tertiary/aromatic N) is 1. The minimum atomic E-state index is -1.77. The number of benzene rings is 2. The monoisotopic (exact) mass is 350 g/mol. The Hall–Kier alpha value is -3.12. The second-order valence-electron chi connectivity index (χ2n) is 6.33. The highest BCUT2D eigenvalue weighted by Gasteiger charge is 2.47. The highest BCUT2D eigenvalue weighted by Crippen LogP contribution is 2.46. The van der Waals surface area contributed by atoms with Crippen molar-refractivity contribution >= 4 is 11.6 Å². The van der Waals surface area contributed by atoms with E-state index in [9.17, 15) is 9.90 Å². The lowest BCUT2D eigenvalue weighted by atomic mass is 9.85. The van der Waals surface area contributed by atoms with Gasteiger partial charge in [-0.2, -0.15) is 0 Å². The summed E-state index contributed by atoms with van der Waals surface area (Å²) >= 11 is 0. The van der Waals surface area contributed by atoms with Gasteiger partial charge in [0.05, 0.1) is 24.1 Å². The van der Waals surface area contributed by atoms with Crippen LogP contribution in [0.25, 0.3) is 11.1 Å². The maximum Gasteiger partial charge on any atom is 0.265 e. The van der Waals surface area contributed by atoms with Crippen LogP contribution in [0.5, 0.6) is 5.75 Å². The number of aryl methyl sites for hydroxylation is 2. The van der Waals surface area contributed by atoms with E-state index in [-0.39, 0.29) is 0 Å². The van der Waals surface area contributed by atoms with Crippen molar-refractivity contribution in [3.05, 3.63) is 65.0 Å². The molecule has 0 fully saturated rings. The number of hydrogen-bond acceptors (Lipinski definition) is 5. The number of carbonyl (C=O) groups is 1. The zero-order valence-electron chi connectivity index (χ0n) is 14.7. The first-order chi connectivity index (χ1) is 12.5. The average molecular weight is 350 g/mol. The Labute approximate surface area is 150 Å². The Morgan fingerprint density at radius 2 is 1.92 bits per heavy atom. The minimum Gasteiger partial charge on any atom is -0.496 e. The van der Waals surface area contributed by atoms with Gasteiger partial charge < -0.3 is 19.7 Å². The van der Waals surface area contributed by atoms with E-state index >= 15 is 0 Å². The molecule has 1 aliphatic heterocycles. The number of aromatic nitrogens is 1. The van der Waals surface area contributed by atoms with E-state index in [1.54, 1.807) is 43.5 Å². The number of fused-ring (bicyclic) bond motifs is 1. The fraction of sp³-hybridized carbons (Fsp3) is 0.200. The Morgan fingerprint density at radius 1 is 1.19 bits per heavy atom. The lowest BCUT2D eigenvalue weighted by molar-refractivity contribution is -0.129. The zero-order chi connectivity index (χ0) is 18.5. The molecule has 1 amide bonds. The van der Waals surface area contributed by atoms with E-state index in [0.717, 1.165) is 5.56 Å². The van der Waals surface area contributed by atoms with E-state index in [4.69, 9.17) is 9.26 Å². The van der Waals surface area contributed by atoms with Gasteiger partial charge in [0.1, 0.15) is 11.5 Å². The zero-order valence-corrected chi connectivity index (χ0v) is 14.7. The highest BCUT2D eigenvalue weighted by atomic mass is 16.5. The van der Waals surface area contributed by atoms with Crippen LogP contribution in [-0.2, 0) is 10.4 Å². The van der Waals surface area contributed by atoms with Crippen LogP contribution < -0.4 is 10.1 Å². The number of aliphatic hydroxyl groups is 1. The van der Waals surface area contributed by atoms with Gasteiger partial charge in [-0.1, -0.05) is 35.5 Å². The lowest BCUT2D eigenvalue weighted by Gasteiger charge is -2.22. The molecule has 6 heteroatoms. The van der Waals surface area contributed by atoms with E-state index in [2.05, 4.69) is 10.5 Å². The van der Waals surface area contributed by atoms with Crippen LogP contribution in [0.2, 0.25) is 0 Å². The van der Waals surface area contributed by atoms with Crippen molar-refractivity contribution < 1.29 is 19.2 Å². The normalized spacial score (nSPS) is 18.5. The number of methoxy groups -OCH3 is 1. The number of ether oxygens (including phenoxy) is 1. The first kappa shape index (κ1) is 16.4. The Balaban J connectivity index is 1.99. The second-order valence-corrected chi connectivity index (χ2v) is 6.33. The molecule has 2 aromatic carbocycles. The predicted octanol–water partition coefficient (Wildman–Crippen LogP) is 3.16. The number of hydrogen-bond donors (Lipinski definition) is 2. The first-order valence-corrected chi connectivity index (χ1v) is 8.22. The van der Waals surface area contributed by atoms with Crippen LogP contribution in [-0.4, -0.2) is 23.3 Å². The third kappa shape index (κ3) is 2.16. The molecule has 4 rings (SSSR count). The lowest BCUT2D eigenvalue weighted by Crippen LogP contribution is -2.35. The molecule has 1 unspecified atom stereocenters. The molecular weight excluding hydrogens is 332 g/mol. The Bertz CT molecular complexity index is 991. The molecule has 0 bridgehead atoms. The van der Waals surface area contributed by atoms with Crippen molar-refractivity contribution in [1.82, 2.24) is 5.16 Å². The van der Waals surface area contributed by atoms with E-state index in [1.165, 1.54) is 0 Å². The van der Waals surface area contributed by atoms with Gasteiger partial charge >= 0.3 is 0 Å². The van der Waals surface area contributed by atoms with E-state index < -0.39 is 11.5 Å². The van der Waals surface area contributed by atoms with Crippen molar-refractivity contribution in [2.75, 3.05) is 12.4 Å². The van der Waals surface area contributed by atoms with Crippen molar-refractivity contribution in [3.63, 3.8) is 0 Å². The first-order valence-electron chi connectivity index (χ1n) is 8.22. The Kier molecular flexibility index (Phi) is 3.59. The number of rotatable bonds is 3. The topological polar surface area (TPSA) is 84.6 Å². The third-order valence-corrected chi connectivity index (χ3v) is 4.80. The molecule has 0 saturated heterocycles. The molecule has 6 nitrogen and oxygen atoms in total. The van der Waals surface area contributed by atoms with Crippen LogP contribution in [0.1, 0.15) is 22.6 Å². The summed E-state index contributed by atoms with van der Waals surface area (Å²) in [6.07, 6.45) is 0. The fourth-order valence-corrected chi connectivity index (χ4v) is 3.52. The quantitative estimate of drug-likeness (QED) is 0.758. The predicted molar refractivity (Wildman–Crippen MR) is 96.0 cm³/mol. The van der Waals surface area contributed by atoms with Crippen molar-refractivity contribution in [2.24, 2.45) is 0 Å². The smallest absolute Gasteiger partial charge is 0.265 e. The number of amides is 1. The van der Waals surface area contributed by atoms with Gasteiger partial charge in [0.15, 0.2) is 5.60 Å². The summed E-state index contributed by atoms with van der Waals surface area (Å²) in [5, 5.41) is 18.1. The van der Waals surface area contributed by atoms with Gasteiger partial charge in [-0.15, -0.1) is 0 Å². The number of anilines is 1. The number of carbonyl (C=O) groups excluding carboxylic acids is 1. The maximum absolute atomic E-state index is 12.7. The van der Waals surface area contributed by atoms with Crippen LogP contribution in [0.3, 0.4) is 0 Å². The second kappa shape index (κ2) is 5.71. The molecule has 0 saturated carbocycles. The van der Waals surface area contributed by atoms with Crippen molar-refractivity contribution in [3.8, 4) is 16.9 Å². The molecule has 0 spiro atoms. The summed E-state index contributed by atoms with van der Waals surface area (Å²) in [6, 6.07) is 12.4. The van der Waals surface area contributed by atoms with Crippen molar-refractivity contribution in [2.45, 2.75) is 19.4 Å². The largest absolute Gasteiger partial charge is 0.496 e. The fourth-order valence-electron chi connectivity index (χ4n) is 3.52. The molecule has 1 atom stereocenters. The summed E-state index contributed by atoms with van der Waals surface area (Å²) in [5.74, 6) is 0.716. The van der Waals surface area contributed by atoms with Crippen LogP contribution in [0, 0.1) is 13.8 Å². The summed E-state index contributed by atoms with van der Waals surface area (Å²) in [5.41, 5.74) is 1.95. The van der Waals surface area contributed by atoms with Gasteiger partial charge in [0, 0.05) is 17.2 Å². The maximum atomic E-state index is 12.7.